The van der Waals surface area contributed by atoms with Crippen molar-refractivity contribution in [3.05, 3.63) is 42.4 Å². The fourth-order valence-electron chi connectivity index (χ4n) is 5.05. The summed E-state index contributed by atoms with van der Waals surface area (Å²) in [5, 5.41) is 29.1. The van der Waals surface area contributed by atoms with Gasteiger partial charge in [-0.3, -0.25) is 14.7 Å². The number of likely N-dealkylation sites (N-methyl/N-ethyl adjacent to an activating group) is 1. The topological polar surface area (TPSA) is 110 Å². The minimum Gasteiger partial charge on any atom is -0.473 e. The number of benzene rings is 1. The zero-order valence-corrected chi connectivity index (χ0v) is 20.9. The first-order valence-electron chi connectivity index (χ1n) is 12.3. The molecule has 2 N–H and O–H groups in total. The monoisotopic (exact) mass is 486 g/mol. The number of aliphatic hydroxyl groups is 1. The van der Waals surface area contributed by atoms with Crippen LogP contribution in [-0.2, 0) is 20.1 Å². The van der Waals surface area contributed by atoms with Gasteiger partial charge in [-0.25, -0.2) is 9.67 Å². The minimum absolute atomic E-state index is 0.0830. The molecule has 0 fully saturated rings. The van der Waals surface area contributed by atoms with Gasteiger partial charge in [-0.2, -0.15) is 15.3 Å². The molecular weight excluding hydrogens is 456 g/mol. The second kappa shape index (κ2) is 8.72. The molecule has 0 saturated carbocycles. The number of ether oxygens (including phenoxy) is 1. The van der Waals surface area contributed by atoms with Gasteiger partial charge >= 0.3 is 0 Å². The third-order valence-corrected chi connectivity index (χ3v) is 6.83. The van der Waals surface area contributed by atoms with Crippen molar-refractivity contribution in [3.63, 3.8) is 0 Å². The lowest BCUT2D eigenvalue weighted by Gasteiger charge is -2.26. The van der Waals surface area contributed by atoms with Gasteiger partial charge in [-0.05, 0) is 38.6 Å². The van der Waals surface area contributed by atoms with Crippen molar-refractivity contribution < 1.29 is 9.84 Å². The highest BCUT2D eigenvalue weighted by Crippen LogP contribution is 2.35. The third-order valence-electron chi connectivity index (χ3n) is 6.83. The fourth-order valence-corrected chi connectivity index (χ4v) is 5.05. The van der Waals surface area contributed by atoms with E-state index < -0.39 is 6.10 Å². The highest BCUT2D eigenvalue weighted by Gasteiger charge is 2.22. The van der Waals surface area contributed by atoms with E-state index in [9.17, 15) is 5.11 Å². The molecule has 186 valence electrons. The Hall–Kier alpha value is -3.76. The number of rotatable bonds is 3. The molecule has 10 nitrogen and oxygen atoms in total. The van der Waals surface area contributed by atoms with E-state index in [2.05, 4.69) is 57.2 Å². The van der Waals surface area contributed by atoms with Gasteiger partial charge in [-0.1, -0.05) is 13.0 Å². The molecule has 4 aromatic heterocycles. The van der Waals surface area contributed by atoms with Crippen LogP contribution in [0, 0.1) is 0 Å². The number of nitrogens with one attached hydrogen (secondary N) is 1. The van der Waals surface area contributed by atoms with Crippen LogP contribution in [0.1, 0.15) is 26.5 Å². The van der Waals surface area contributed by atoms with E-state index in [1.165, 1.54) is 0 Å². The number of H-pyrrole nitrogens is 1. The molecule has 5 aromatic rings. The smallest absolute Gasteiger partial charge is 0.219 e. The number of aromatic amines is 1. The summed E-state index contributed by atoms with van der Waals surface area (Å²) in [5.41, 5.74) is 6.36. The van der Waals surface area contributed by atoms with Crippen LogP contribution in [0.15, 0.2) is 36.7 Å². The summed E-state index contributed by atoms with van der Waals surface area (Å²) in [6.07, 6.45) is 3.06. The summed E-state index contributed by atoms with van der Waals surface area (Å²) >= 11 is 0. The Kier molecular flexibility index (Phi) is 5.50. The van der Waals surface area contributed by atoms with Crippen LogP contribution >= 0.6 is 0 Å². The van der Waals surface area contributed by atoms with Crippen molar-refractivity contribution in [1.29, 1.82) is 0 Å². The van der Waals surface area contributed by atoms with Gasteiger partial charge in [0.05, 0.1) is 41.3 Å². The van der Waals surface area contributed by atoms with E-state index in [-0.39, 0.29) is 6.10 Å². The minimum atomic E-state index is -0.506. The standard InChI is InChI=1S/C26H30N8O2/c1-5-33-13-16(3)36-26-21(11-28-32(26)4)18-9-20-24(29-30-25(20)27-10-18)17-6-7-22-19(8-17)23(14-33)34(31-22)12-15(2)35/h6-11,15-16,35H,5,12-14H2,1-4H3,(H,27,29,30)/t15-,16-/m0/s1. The van der Waals surface area contributed by atoms with Crippen LogP contribution in [0.2, 0.25) is 0 Å². The average molecular weight is 487 g/mol. The van der Waals surface area contributed by atoms with E-state index in [0.29, 0.717) is 24.6 Å². The maximum Gasteiger partial charge on any atom is 0.219 e. The Morgan fingerprint density at radius 2 is 2.03 bits per heavy atom. The van der Waals surface area contributed by atoms with Crippen molar-refractivity contribution in [3.8, 4) is 28.3 Å². The van der Waals surface area contributed by atoms with E-state index in [0.717, 1.165) is 57.5 Å². The van der Waals surface area contributed by atoms with E-state index in [1.807, 2.05) is 30.2 Å². The van der Waals surface area contributed by atoms with Gasteiger partial charge in [0.2, 0.25) is 5.88 Å². The van der Waals surface area contributed by atoms with Crippen molar-refractivity contribution in [2.45, 2.75) is 46.1 Å². The molecule has 0 aliphatic carbocycles. The second-order valence-corrected chi connectivity index (χ2v) is 9.65. The maximum atomic E-state index is 10.2. The first kappa shape index (κ1) is 22.7. The highest BCUT2D eigenvalue weighted by molar-refractivity contribution is 5.96. The first-order chi connectivity index (χ1) is 17.4. The van der Waals surface area contributed by atoms with Crippen LogP contribution in [-0.4, -0.2) is 70.0 Å². The van der Waals surface area contributed by atoms with E-state index in [1.54, 1.807) is 11.6 Å². The van der Waals surface area contributed by atoms with Gasteiger partial charge in [0.25, 0.3) is 0 Å². The van der Waals surface area contributed by atoms with Gasteiger partial charge in [0.1, 0.15) is 6.10 Å². The normalized spacial score (nSPS) is 17.3. The number of aromatic nitrogens is 7. The Balaban J connectivity index is 1.60. The van der Waals surface area contributed by atoms with Crippen LogP contribution < -0.4 is 4.74 Å². The molecule has 4 bridgehead atoms. The molecule has 10 heteroatoms. The Labute approximate surface area is 208 Å². The molecule has 6 rings (SSSR count). The van der Waals surface area contributed by atoms with Crippen molar-refractivity contribution >= 4 is 21.9 Å². The molecule has 0 radical (unpaired) electrons. The summed E-state index contributed by atoms with van der Waals surface area (Å²) in [7, 11) is 1.89. The van der Waals surface area contributed by atoms with Gasteiger partial charge in [-0.15, -0.1) is 0 Å². The number of nitrogens with zero attached hydrogens (tertiary/aromatic N) is 7. The molecule has 1 aliphatic heterocycles. The molecule has 0 amide bonds. The van der Waals surface area contributed by atoms with Crippen molar-refractivity contribution in [1.82, 2.24) is 39.6 Å². The quantitative estimate of drug-likeness (QED) is 0.402. The highest BCUT2D eigenvalue weighted by atomic mass is 16.5. The Morgan fingerprint density at radius 3 is 2.83 bits per heavy atom. The SMILES string of the molecule is CCN1Cc2c3cc(ccc3nn2C[C@H](C)O)-c2[nH]nc3ncc(cc23)-c2cnn(C)c2O[C@@H](C)C1. The molecule has 1 aromatic carbocycles. The van der Waals surface area contributed by atoms with Crippen LogP contribution in [0.5, 0.6) is 5.88 Å². The molecule has 0 saturated heterocycles. The summed E-state index contributed by atoms with van der Waals surface area (Å²) in [5.74, 6) is 0.710. The van der Waals surface area contributed by atoms with Crippen LogP contribution in [0.3, 0.4) is 0 Å². The third kappa shape index (κ3) is 3.82. The Morgan fingerprint density at radius 1 is 1.19 bits per heavy atom. The maximum absolute atomic E-state index is 10.2. The lowest BCUT2D eigenvalue weighted by molar-refractivity contribution is 0.131. The fraction of sp³-hybridized carbons (Fsp3) is 0.385. The lowest BCUT2D eigenvalue weighted by Crippen LogP contribution is -2.34. The average Bonchev–Trinajstić information content (AvgIpc) is 3.53. The number of hydrogen-bond donors (Lipinski definition) is 2. The zero-order valence-electron chi connectivity index (χ0n) is 20.9. The van der Waals surface area contributed by atoms with Crippen LogP contribution in [0.4, 0.5) is 0 Å². The second-order valence-electron chi connectivity index (χ2n) is 9.65. The molecule has 2 atom stereocenters. The Bertz CT molecular complexity index is 1560. The summed E-state index contributed by atoms with van der Waals surface area (Å²) in [4.78, 5) is 6.97. The van der Waals surface area contributed by atoms with Crippen molar-refractivity contribution in [2.24, 2.45) is 7.05 Å². The largest absolute Gasteiger partial charge is 0.473 e. The summed E-state index contributed by atoms with van der Waals surface area (Å²) in [6.45, 7) is 8.71. The summed E-state index contributed by atoms with van der Waals surface area (Å²) < 4.78 is 10.2. The zero-order chi connectivity index (χ0) is 25.0. The number of pyridine rings is 1. The molecule has 0 unspecified atom stereocenters. The van der Waals surface area contributed by atoms with Gasteiger partial charge in [0, 0.05) is 48.2 Å². The lowest BCUT2D eigenvalue weighted by atomic mass is 10.0. The number of fused-ring (bicyclic) bond motifs is 5. The van der Waals surface area contributed by atoms with Crippen LogP contribution in [0.25, 0.3) is 44.3 Å². The predicted molar refractivity (Wildman–Crippen MR) is 138 cm³/mol. The molecule has 1 aliphatic rings. The number of aryl methyl sites for hydroxylation is 1. The van der Waals surface area contributed by atoms with Gasteiger partial charge in [0.15, 0.2) is 5.65 Å². The van der Waals surface area contributed by atoms with E-state index in [4.69, 9.17) is 9.84 Å². The first-order valence-corrected chi connectivity index (χ1v) is 12.3. The molecule has 36 heavy (non-hydrogen) atoms. The number of hydrogen-bond acceptors (Lipinski definition) is 7. The predicted octanol–water partition coefficient (Wildman–Crippen LogP) is 3.36. The summed E-state index contributed by atoms with van der Waals surface area (Å²) in [6, 6.07) is 8.35. The molecule has 5 heterocycles. The van der Waals surface area contributed by atoms with Gasteiger partial charge < -0.3 is 9.84 Å². The number of aliphatic hydroxyl groups excluding tert-OH is 1. The van der Waals surface area contributed by atoms with Crippen molar-refractivity contribution in [2.75, 3.05) is 13.1 Å². The molecule has 0 spiro atoms. The van der Waals surface area contributed by atoms with E-state index >= 15 is 0 Å². The molecular formula is C26H30N8O2.